The van der Waals surface area contributed by atoms with Crippen molar-refractivity contribution in [3.8, 4) is 6.07 Å². The molecule has 1 aliphatic rings. The highest BCUT2D eigenvalue weighted by molar-refractivity contribution is 7.89. The molecule has 19 heavy (non-hydrogen) atoms. The van der Waals surface area contributed by atoms with Crippen molar-refractivity contribution in [2.75, 3.05) is 20.1 Å². The van der Waals surface area contributed by atoms with Crippen LogP contribution in [0.1, 0.15) is 12.0 Å². The zero-order valence-electron chi connectivity index (χ0n) is 10.4. The molecule has 0 bridgehead atoms. The summed E-state index contributed by atoms with van der Waals surface area (Å²) >= 11 is 5.91. The first-order valence-electron chi connectivity index (χ1n) is 5.83. The Bertz CT molecular complexity index is 624. The molecular weight excluding hydrogens is 286 g/mol. The summed E-state index contributed by atoms with van der Waals surface area (Å²) in [5.41, 5.74) is 0.272. The highest BCUT2D eigenvalue weighted by atomic mass is 35.5. The molecule has 1 aromatic carbocycles. The number of nitriles is 1. The van der Waals surface area contributed by atoms with Crippen LogP contribution >= 0.6 is 11.6 Å². The zero-order chi connectivity index (χ0) is 14.0. The number of sulfonamides is 1. The maximum atomic E-state index is 12.3. The minimum absolute atomic E-state index is 0.0391. The van der Waals surface area contributed by atoms with E-state index in [0.29, 0.717) is 6.54 Å². The van der Waals surface area contributed by atoms with Crippen molar-refractivity contribution >= 4 is 21.6 Å². The van der Waals surface area contributed by atoms with E-state index in [1.165, 1.54) is 18.2 Å². The number of likely N-dealkylation sites (N-methyl/N-ethyl adjacent to an activating group) is 1. The molecule has 1 aliphatic heterocycles. The first-order chi connectivity index (χ1) is 8.92. The van der Waals surface area contributed by atoms with E-state index in [1.807, 2.05) is 13.1 Å². The normalized spacial score (nSPS) is 20.4. The van der Waals surface area contributed by atoms with Crippen LogP contribution in [0, 0.1) is 11.3 Å². The lowest BCUT2D eigenvalue weighted by Gasteiger charge is -2.14. The molecule has 0 aliphatic carbocycles. The molecule has 1 aromatic rings. The van der Waals surface area contributed by atoms with Gasteiger partial charge in [0.2, 0.25) is 10.0 Å². The van der Waals surface area contributed by atoms with E-state index in [2.05, 4.69) is 9.62 Å². The van der Waals surface area contributed by atoms with E-state index in [0.717, 1.165) is 13.0 Å². The fourth-order valence-corrected chi connectivity index (χ4v) is 3.88. The third-order valence-corrected chi connectivity index (χ3v) is 5.07. The van der Waals surface area contributed by atoms with Gasteiger partial charge in [-0.3, -0.25) is 0 Å². The second-order valence-electron chi connectivity index (χ2n) is 4.63. The molecule has 0 aromatic heterocycles. The van der Waals surface area contributed by atoms with Crippen molar-refractivity contribution in [3.05, 3.63) is 28.8 Å². The van der Waals surface area contributed by atoms with Crippen LogP contribution in [0.25, 0.3) is 0 Å². The van der Waals surface area contributed by atoms with Gasteiger partial charge in [0, 0.05) is 12.6 Å². The number of hydrogen-bond acceptors (Lipinski definition) is 4. The first-order valence-corrected chi connectivity index (χ1v) is 7.69. The van der Waals surface area contributed by atoms with Gasteiger partial charge in [0.05, 0.1) is 16.7 Å². The summed E-state index contributed by atoms with van der Waals surface area (Å²) in [6.07, 6.45) is 0.769. The molecule has 1 unspecified atom stereocenters. The van der Waals surface area contributed by atoms with Crippen molar-refractivity contribution in [1.82, 2.24) is 9.62 Å². The Morgan fingerprint density at radius 3 is 2.84 bits per heavy atom. The zero-order valence-corrected chi connectivity index (χ0v) is 12.0. The number of nitrogens with one attached hydrogen (secondary N) is 1. The molecule has 1 N–H and O–H groups in total. The predicted molar refractivity (Wildman–Crippen MR) is 72.4 cm³/mol. The molecule has 0 amide bonds. The summed E-state index contributed by atoms with van der Waals surface area (Å²) < 4.78 is 27.2. The SMILES string of the molecule is CN1CCC(NS(=O)(=O)c2cc(C#N)ccc2Cl)C1. The van der Waals surface area contributed by atoms with Crippen molar-refractivity contribution in [3.63, 3.8) is 0 Å². The number of nitrogens with zero attached hydrogens (tertiary/aromatic N) is 2. The Morgan fingerprint density at radius 1 is 1.53 bits per heavy atom. The number of halogens is 1. The van der Waals surface area contributed by atoms with Crippen LogP contribution in [-0.2, 0) is 10.0 Å². The molecule has 1 saturated heterocycles. The minimum Gasteiger partial charge on any atom is -0.305 e. The highest BCUT2D eigenvalue weighted by Crippen LogP contribution is 2.23. The summed E-state index contributed by atoms with van der Waals surface area (Å²) in [6.45, 7) is 1.54. The second kappa shape index (κ2) is 5.47. The van der Waals surface area contributed by atoms with Gasteiger partial charge in [0.15, 0.2) is 0 Å². The van der Waals surface area contributed by atoms with Crippen molar-refractivity contribution in [2.24, 2.45) is 0 Å². The van der Waals surface area contributed by atoms with Crippen LogP contribution in [0.2, 0.25) is 5.02 Å². The van der Waals surface area contributed by atoms with E-state index in [1.54, 1.807) is 0 Å². The number of hydrogen-bond donors (Lipinski definition) is 1. The molecule has 0 radical (unpaired) electrons. The molecule has 7 heteroatoms. The van der Waals surface area contributed by atoms with Crippen molar-refractivity contribution in [1.29, 1.82) is 5.26 Å². The lowest BCUT2D eigenvalue weighted by molar-refractivity contribution is 0.407. The molecule has 1 fully saturated rings. The van der Waals surface area contributed by atoms with Gasteiger partial charge in [0.1, 0.15) is 4.90 Å². The van der Waals surface area contributed by atoms with Gasteiger partial charge < -0.3 is 4.90 Å². The predicted octanol–water partition coefficient (Wildman–Crippen LogP) is 1.19. The standard InChI is InChI=1S/C12H14ClN3O2S/c1-16-5-4-10(8-16)15-19(17,18)12-6-9(7-14)2-3-11(12)13/h2-3,6,10,15H,4-5,8H2,1H3. The van der Waals surface area contributed by atoms with Gasteiger partial charge in [-0.15, -0.1) is 0 Å². The fraction of sp³-hybridized carbons (Fsp3) is 0.417. The average Bonchev–Trinajstić information content (AvgIpc) is 2.74. The van der Waals surface area contributed by atoms with Gasteiger partial charge in [-0.25, -0.2) is 13.1 Å². The van der Waals surface area contributed by atoms with Crippen LogP contribution in [0.15, 0.2) is 23.1 Å². The van der Waals surface area contributed by atoms with Gasteiger partial charge >= 0.3 is 0 Å². The van der Waals surface area contributed by atoms with Crippen LogP contribution in [0.4, 0.5) is 0 Å². The average molecular weight is 300 g/mol. The maximum absolute atomic E-state index is 12.3. The largest absolute Gasteiger partial charge is 0.305 e. The Balaban J connectivity index is 2.27. The van der Waals surface area contributed by atoms with E-state index in [-0.39, 0.29) is 21.5 Å². The first kappa shape index (κ1) is 14.3. The molecule has 2 rings (SSSR count). The minimum atomic E-state index is -3.69. The summed E-state index contributed by atoms with van der Waals surface area (Å²) in [4.78, 5) is 2.02. The van der Waals surface area contributed by atoms with E-state index < -0.39 is 10.0 Å². The van der Waals surface area contributed by atoms with Crippen LogP contribution in [0.5, 0.6) is 0 Å². The molecule has 1 heterocycles. The Kier molecular flexibility index (Phi) is 4.11. The Labute approximate surface area is 117 Å². The number of rotatable bonds is 3. The Hall–Kier alpha value is -1.13. The molecule has 1 atom stereocenters. The summed E-state index contributed by atoms with van der Waals surface area (Å²) in [6, 6.07) is 6.01. The summed E-state index contributed by atoms with van der Waals surface area (Å²) in [5, 5.41) is 8.95. The van der Waals surface area contributed by atoms with E-state index in [4.69, 9.17) is 16.9 Å². The van der Waals surface area contributed by atoms with Gasteiger partial charge in [-0.2, -0.15) is 5.26 Å². The van der Waals surface area contributed by atoms with Gasteiger partial charge in [0.25, 0.3) is 0 Å². The monoisotopic (exact) mass is 299 g/mol. The topological polar surface area (TPSA) is 73.2 Å². The smallest absolute Gasteiger partial charge is 0.242 e. The third kappa shape index (κ3) is 3.25. The maximum Gasteiger partial charge on any atom is 0.242 e. The van der Waals surface area contributed by atoms with Crippen LogP contribution < -0.4 is 4.72 Å². The molecular formula is C12H14ClN3O2S. The second-order valence-corrected chi connectivity index (χ2v) is 6.72. The van der Waals surface area contributed by atoms with Gasteiger partial charge in [-0.05, 0) is 38.2 Å². The van der Waals surface area contributed by atoms with Crippen LogP contribution in [-0.4, -0.2) is 39.5 Å². The molecule has 102 valence electrons. The van der Waals surface area contributed by atoms with E-state index in [9.17, 15) is 8.42 Å². The molecule has 5 nitrogen and oxygen atoms in total. The van der Waals surface area contributed by atoms with E-state index >= 15 is 0 Å². The van der Waals surface area contributed by atoms with Gasteiger partial charge in [-0.1, -0.05) is 11.6 Å². The van der Waals surface area contributed by atoms with Crippen molar-refractivity contribution < 1.29 is 8.42 Å². The number of benzene rings is 1. The Morgan fingerprint density at radius 2 is 2.26 bits per heavy atom. The molecule has 0 saturated carbocycles. The summed E-state index contributed by atoms with van der Waals surface area (Å²) in [7, 11) is -1.75. The lowest BCUT2D eigenvalue weighted by Crippen LogP contribution is -2.36. The quantitative estimate of drug-likeness (QED) is 0.910. The summed E-state index contributed by atoms with van der Waals surface area (Å²) in [5.74, 6) is 0. The fourth-order valence-electron chi connectivity index (χ4n) is 2.09. The molecule has 0 spiro atoms. The lowest BCUT2D eigenvalue weighted by atomic mass is 10.2. The number of likely N-dealkylation sites (tertiary alicyclic amines) is 1. The van der Waals surface area contributed by atoms with Crippen molar-refractivity contribution in [2.45, 2.75) is 17.4 Å². The third-order valence-electron chi connectivity index (χ3n) is 3.06. The highest BCUT2D eigenvalue weighted by Gasteiger charge is 2.26. The van der Waals surface area contributed by atoms with Crippen LogP contribution in [0.3, 0.4) is 0 Å².